The van der Waals surface area contributed by atoms with E-state index in [9.17, 15) is 0 Å². The molecular formula is C13H17BrN2. The SMILES string of the molecule is Brc1ccc2c(c1)C(C1CCCN1)CCN2. The van der Waals surface area contributed by atoms with E-state index in [2.05, 4.69) is 44.8 Å². The lowest BCUT2D eigenvalue weighted by molar-refractivity contribution is 0.463. The number of benzene rings is 1. The van der Waals surface area contributed by atoms with Crippen LogP contribution in [0.5, 0.6) is 0 Å². The van der Waals surface area contributed by atoms with Crippen LogP contribution in [0.25, 0.3) is 0 Å². The third kappa shape index (κ3) is 1.87. The van der Waals surface area contributed by atoms with Crippen LogP contribution in [0.1, 0.15) is 30.7 Å². The molecule has 86 valence electrons. The van der Waals surface area contributed by atoms with Gasteiger partial charge in [0.1, 0.15) is 0 Å². The van der Waals surface area contributed by atoms with Crippen LogP contribution in [0, 0.1) is 0 Å². The third-order valence-corrected chi connectivity index (χ3v) is 4.26. The summed E-state index contributed by atoms with van der Waals surface area (Å²) in [6.07, 6.45) is 3.91. The standard InChI is InChI=1S/C13H17BrN2/c14-9-3-4-13-11(8-9)10(5-7-16-13)12-2-1-6-15-12/h3-4,8,10,12,15-16H,1-2,5-7H2. The van der Waals surface area contributed by atoms with Crippen LogP contribution < -0.4 is 10.6 Å². The Labute approximate surface area is 105 Å². The molecule has 0 spiro atoms. The van der Waals surface area contributed by atoms with Crippen LogP contribution in [0.15, 0.2) is 22.7 Å². The first kappa shape index (κ1) is 10.6. The number of fused-ring (bicyclic) bond motifs is 1. The summed E-state index contributed by atoms with van der Waals surface area (Å²) in [5, 5.41) is 7.14. The van der Waals surface area contributed by atoms with E-state index >= 15 is 0 Å². The van der Waals surface area contributed by atoms with Crippen molar-refractivity contribution >= 4 is 21.6 Å². The number of anilines is 1. The Bertz CT molecular complexity index is 386. The van der Waals surface area contributed by atoms with Crippen LogP contribution in [-0.4, -0.2) is 19.1 Å². The molecule has 2 aliphatic heterocycles. The fraction of sp³-hybridized carbons (Fsp3) is 0.538. The molecule has 2 N–H and O–H groups in total. The lowest BCUT2D eigenvalue weighted by Crippen LogP contribution is -2.33. The van der Waals surface area contributed by atoms with E-state index in [-0.39, 0.29) is 0 Å². The van der Waals surface area contributed by atoms with Crippen molar-refractivity contribution in [2.24, 2.45) is 0 Å². The third-order valence-electron chi connectivity index (χ3n) is 3.77. The summed E-state index contributed by atoms with van der Waals surface area (Å²) in [5.74, 6) is 0.691. The highest BCUT2D eigenvalue weighted by atomic mass is 79.9. The van der Waals surface area contributed by atoms with Crippen molar-refractivity contribution in [1.82, 2.24) is 5.32 Å². The van der Waals surface area contributed by atoms with Gasteiger partial charge in [-0.2, -0.15) is 0 Å². The minimum Gasteiger partial charge on any atom is -0.385 e. The Kier molecular flexibility index (Phi) is 2.90. The predicted octanol–water partition coefficient (Wildman–Crippen LogP) is 3.10. The number of halogens is 1. The zero-order valence-corrected chi connectivity index (χ0v) is 10.9. The largest absolute Gasteiger partial charge is 0.385 e. The first-order chi connectivity index (χ1) is 7.84. The van der Waals surface area contributed by atoms with Crippen molar-refractivity contribution in [3.8, 4) is 0 Å². The molecule has 2 aliphatic rings. The summed E-state index contributed by atoms with van der Waals surface area (Å²) in [6, 6.07) is 7.29. The molecule has 2 nitrogen and oxygen atoms in total. The summed E-state index contributed by atoms with van der Waals surface area (Å²) < 4.78 is 1.19. The van der Waals surface area contributed by atoms with Gasteiger partial charge in [-0.1, -0.05) is 15.9 Å². The highest BCUT2D eigenvalue weighted by Crippen LogP contribution is 2.37. The summed E-state index contributed by atoms with van der Waals surface area (Å²) >= 11 is 3.58. The molecule has 2 heterocycles. The maximum absolute atomic E-state index is 3.64. The van der Waals surface area contributed by atoms with Gasteiger partial charge in [0, 0.05) is 28.7 Å². The van der Waals surface area contributed by atoms with E-state index in [0.29, 0.717) is 12.0 Å². The summed E-state index contributed by atoms with van der Waals surface area (Å²) in [5.41, 5.74) is 2.81. The van der Waals surface area contributed by atoms with Crippen molar-refractivity contribution in [1.29, 1.82) is 0 Å². The number of nitrogens with one attached hydrogen (secondary N) is 2. The van der Waals surface area contributed by atoms with E-state index in [4.69, 9.17) is 0 Å². The molecule has 3 heteroatoms. The fourth-order valence-electron chi connectivity index (χ4n) is 2.99. The maximum atomic E-state index is 3.64. The molecule has 0 radical (unpaired) electrons. The minimum absolute atomic E-state index is 0.690. The van der Waals surface area contributed by atoms with Crippen LogP contribution in [-0.2, 0) is 0 Å². The van der Waals surface area contributed by atoms with Gasteiger partial charge in [-0.15, -0.1) is 0 Å². The first-order valence-corrected chi connectivity index (χ1v) is 6.90. The monoisotopic (exact) mass is 280 g/mol. The number of rotatable bonds is 1. The second-order valence-electron chi connectivity index (χ2n) is 4.76. The van der Waals surface area contributed by atoms with Gasteiger partial charge >= 0.3 is 0 Å². The Balaban J connectivity index is 1.94. The molecule has 16 heavy (non-hydrogen) atoms. The summed E-state index contributed by atoms with van der Waals surface area (Å²) in [6.45, 7) is 2.30. The van der Waals surface area contributed by atoms with Gasteiger partial charge in [-0.05, 0) is 49.6 Å². The average molecular weight is 281 g/mol. The Morgan fingerprint density at radius 1 is 1.19 bits per heavy atom. The molecule has 0 bridgehead atoms. The molecule has 2 unspecified atom stereocenters. The molecule has 1 saturated heterocycles. The Hall–Kier alpha value is -0.540. The van der Waals surface area contributed by atoms with Crippen molar-refractivity contribution in [3.05, 3.63) is 28.2 Å². The van der Waals surface area contributed by atoms with Crippen LogP contribution in [0.2, 0.25) is 0 Å². The van der Waals surface area contributed by atoms with E-state index < -0.39 is 0 Å². The van der Waals surface area contributed by atoms with Crippen LogP contribution in [0.4, 0.5) is 5.69 Å². The molecule has 0 aromatic heterocycles. The van der Waals surface area contributed by atoms with Gasteiger partial charge in [0.2, 0.25) is 0 Å². The Morgan fingerprint density at radius 3 is 2.94 bits per heavy atom. The highest BCUT2D eigenvalue weighted by molar-refractivity contribution is 9.10. The lowest BCUT2D eigenvalue weighted by atomic mass is 9.84. The molecule has 0 amide bonds. The lowest BCUT2D eigenvalue weighted by Gasteiger charge is -2.31. The van der Waals surface area contributed by atoms with Crippen molar-refractivity contribution in [3.63, 3.8) is 0 Å². The smallest absolute Gasteiger partial charge is 0.0376 e. The second-order valence-corrected chi connectivity index (χ2v) is 5.67. The Morgan fingerprint density at radius 2 is 2.12 bits per heavy atom. The molecule has 1 aromatic rings. The zero-order chi connectivity index (χ0) is 11.0. The van der Waals surface area contributed by atoms with E-state index in [1.165, 1.54) is 41.5 Å². The van der Waals surface area contributed by atoms with Crippen molar-refractivity contribution < 1.29 is 0 Å². The summed E-state index contributed by atoms with van der Waals surface area (Å²) in [7, 11) is 0. The average Bonchev–Trinajstić information content (AvgIpc) is 2.81. The van der Waals surface area contributed by atoms with E-state index in [1.807, 2.05) is 0 Å². The molecule has 1 aromatic carbocycles. The van der Waals surface area contributed by atoms with Crippen molar-refractivity contribution in [2.75, 3.05) is 18.4 Å². The topological polar surface area (TPSA) is 24.1 Å². The maximum Gasteiger partial charge on any atom is 0.0376 e. The molecule has 0 aliphatic carbocycles. The van der Waals surface area contributed by atoms with Gasteiger partial charge < -0.3 is 10.6 Å². The normalized spacial score (nSPS) is 28.6. The molecule has 3 rings (SSSR count). The van der Waals surface area contributed by atoms with Gasteiger partial charge in [-0.25, -0.2) is 0 Å². The molecule has 0 saturated carbocycles. The van der Waals surface area contributed by atoms with E-state index in [0.717, 1.165) is 6.54 Å². The van der Waals surface area contributed by atoms with Crippen molar-refractivity contribution in [2.45, 2.75) is 31.2 Å². The predicted molar refractivity (Wildman–Crippen MR) is 71.0 cm³/mol. The summed E-state index contributed by atoms with van der Waals surface area (Å²) in [4.78, 5) is 0. The van der Waals surface area contributed by atoms with E-state index in [1.54, 1.807) is 0 Å². The fourth-order valence-corrected chi connectivity index (χ4v) is 3.37. The molecular weight excluding hydrogens is 264 g/mol. The molecule has 2 atom stereocenters. The number of hydrogen-bond donors (Lipinski definition) is 2. The zero-order valence-electron chi connectivity index (χ0n) is 9.30. The van der Waals surface area contributed by atoms with Gasteiger partial charge in [0.25, 0.3) is 0 Å². The second kappa shape index (κ2) is 4.38. The minimum atomic E-state index is 0.690. The van der Waals surface area contributed by atoms with Gasteiger partial charge in [0.15, 0.2) is 0 Å². The van der Waals surface area contributed by atoms with Gasteiger partial charge in [-0.3, -0.25) is 0 Å². The quantitative estimate of drug-likeness (QED) is 0.826. The number of hydrogen-bond acceptors (Lipinski definition) is 2. The van der Waals surface area contributed by atoms with Gasteiger partial charge in [0.05, 0.1) is 0 Å². The van der Waals surface area contributed by atoms with Crippen LogP contribution in [0.3, 0.4) is 0 Å². The van der Waals surface area contributed by atoms with Crippen LogP contribution >= 0.6 is 15.9 Å². The highest BCUT2D eigenvalue weighted by Gasteiger charge is 2.29. The first-order valence-electron chi connectivity index (χ1n) is 6.11. The molecule has 1 fully saturated rings.